The van der Waals surface area contributed by atoms with Gasteiger partial charge >= 0.3 is 6.09 Å². The Labute approximate surface area is 169 Å². The normalized spacial score (nSPS) is 28.8. The van der Waals surface area contributed by atoms with Crippen LogP contribution in [-0.2, 0) is 9.47 Å². The predicted molar refractivity (Wildman–Crippen MR) is 110 cm³/mol. The lowest BCUT2D eigenvalue weighted by Crippen LogP contribution is -2.72. The minimum Gasteiger partial charge on any atom is -0.444 e. The molecule has 7 nitrogen and oxygen atoms in total. The molecule has 3 fully saturated rings. The molecule has 1 heterocycles. The quantitative estimate of drug-likeness (QED) is 0.493. The van der Waals surface area contributed by atoms with Crippen molar-refractivity contribution in [3.8, 4) is 0 Å². The first-order valence-corrected chi connectivity index (χ1v) is 10.7. The SMILES string of the molecule is CCNC(=NCC(C)(C)NC(=O)OC(C)(C)C)NC1C2CCOC2C12CCC2. The van der Waals surface area contributed by atoms with Crippen LogP contribution in [0.3, 0.4) is 0 Å². The summed E-state index contributed by atoms with van der Waals surface area (Å²) in [6.07, 6.45) is 4.95. The van der Waals surface area contributed by atoms with Crippen LogP contribution in [0.15, 0.2) is 4.99 Å². The third-order valence-corrected chi connectivity index (χ3v) is 6.14. The van der Waals surface area contributed by atoms with E-state index < -0.39 is 17.2 Å². The van der Waals surface area contributed by atoms with Crippen molar-refractivity contribution in [2.75, 3.05) is 19.7 Å². The Hall–Kier alpha value is -1.50. The van der Waals surface area contributed by atoms with Crippen LogP contribution in [0.25, 0.3) is 0 Å². The van der Waals surface area contributed by atoms with Gasteiger partial charge < -0.3 is 25.4 Å². The molecule has 2 aliphatic carbocycles. The second kappa shape index (κ2) is 7.73. The van der Waals surface area contributed by atoms with E-state index >= 15 is 0 Å². The molecular weight excluding hydrogens is 356 g/mol. The van der Waals surface area contributed by atoms with Crippen LogP contribution in [0.2, 0.25) is 0 Å². The van der Waals surface area contributed by atoms with Gasteiger partial charge in [-0.05, 0) is 60.8 Å². The third kappa shape index (κ3) is 4.39. The van der Waals surface area contributed by atoms with Gasteiger partial charge in [-0.15, -0.1) is 0 Å². The number of rotatable bonds is 5. The van der Waals surface area contributed by atoms with Crippen LogP contribution >= 0.6 is 0 Å². The number of hydrogen-bond acceptors (Lipinski definition) is 4. The highest BCUT2D eigenvalue weighted by Crippen LogP contribution is 2.62. The lowest BCUT2D eigenvalue weighted by Gasteiger charge is -2.63. The second-order valence-corrected chi connectivity index (χ2v) is 10.2. The van der Waals surface area contributed by atoms with E-state index in [1.165, 1.54) is 19.3 Å². The van der Waals surface area contributed by atoms with Crippen molar-refractivity contribution >= 4 is 12.1 Å². The summed E-state index contributed by atoms with van der Waals surface area (Å²) in [6, 6.07) is 0.438. The third-order valence-electron chi connectivity index (χ3n) is 6.14. The highest BCUT2D eigenvalue weighted by molar-refractivity contribution is 5.80. The Kier molecular flexibility index (Phi) is 5.86. The summed E-state index contributed by atoms with van der Waals surface area (Å²) in [5.74, 6) is 1.42. The van der Waals surface area contributed by atoms with Crippen molar-refractivity contribution in [2.45, 2.75) is 90.5 Å². The van der Waals surface area contributed by atoms with Crippen LogP contribution in [0.4, 0.5) is 4.79 Å². The van der Waals surface area contributed by atoms with Crippen molar-refractivity contribution in [3.63, 3.8) is 0 Å². The van der Waals surface area contributed by atoms with Gasteiger partial charge in [0.2, 0.25) is 0 Å². The highest BCUT2D eigenvalue weighted by Gasteiger charge is 2.66. The molecule has 1 aliphatic heterocycles. The van der Waals surface area contributed by atoms with Gasteiger partial charge in [-0.2, -0.15) is 0 Å². The van der Waals surface area contributed by atoms with Crippen molar-refractivity contribution < 1.29 is 14.3 Å². The maximum atomic E-state index is 12.1. The molecule has 160 valence electrons. The Morgan fingerprint density at radius 3 is 2.54 bits per heavy atom. The number of alkyl carbamates (subject to hydrolysis) is 1. The molecule has 0 aromatic rings. The fourth-order valence-electron chi connectivity index (χ4n) is 4.82. The van der Waals surface area contributed by atoms with Gasteiger partial charge in [-0.25, -0.2) is 4.79 Å². The van der Waals surface area contributed by atoms with Crippen LogP contribution in [-0.4, -0.2) is 55.0 Å². The molecule has 1 spiro atoms. The summed E-state index contributed by atoms with van der Waals surface area (Å²) in [7, 11) is 0. The van der Waals surface area contributed by atoms with Crippen molar-refractivity contribution in [3.05, 3.63) is 0 Å². The number of carbonyl (C=O) groups excluding carboxylic acids is 1. The summed E-state index contributed by atoms with van der Waals surface area (Å²) in [5, 5.41) is 9.99. The van der Waals surface area contributed by atoms with E-state index in [-0.39, 0.29) is 0 Å². The Morgan fingerprint density at radius 2 is 1.96 bits per heavy atom. The van der Waals surface area contributed by atoms with Crippen molar-refractivity contribution in [1.29, 1.82) is 0 Å². The molecule has 3 rings (SSSR count). The lowest BCUT2D eigenvalue weighted by molar-refractivity contribution is -0.171. The number of guanidine groups is 1. The van der Waals surface area contributed by atoms with E-state index in [1.54, 1.807) is 0 Å². The van der Waals surface area contributed by atoms with Crippen LogP contribution in [0.5, 0.6) is 0 Å². The van der Waals surface area contributed by atoms with Crippen molar-refractivity contribution in [2.24, 2.45) is 16.3 Å². The maximum Gasteiger partial charge on any atom is 0.408 e. The maximum absolute atomic E-state index is 12.1. The van der Waals surface area contributed by atoms with Gasteiger partial charge in [0.25, 0.3) is 0 Å². The number of ether oxygens (including phenoxy) is 2. The lowest BCUT2D eigenvalue weighted by atomic mass is 9.46. The second-order valence-electron chi connectivity index (χ2n) is 10.2. The summed E-state index contributed by atoms with van der Waals surface area (Å²) >= 11 is 0. The van der Waals surface area contributed by atoms with E-state index in [1.807, 2.05) is 34.6 Å². The molecule has 1 amide bonds. The monoisotopic (exact) mass is 394 g/mol. The van der Waals surface area contributed by atoms with Gasteiger partial charge in [0, 0.05) is 30.5 Å². The summed E-state index contributed by atoms with van der Waals surface area (Å²) in [4.78, 5) is 16.9. The van der Waals surface area contributed by atoms with Gasteiger partial charge in [0.1, 0.15) is 5.60 Å². The van der Waals surface area contributed by atoms with Gasteiger partial charge in [0.15, 0.2) is 5.96 Å². The van der Waals surface area contributed by atoms with E-state index in [0.29, 0.717) is 30.0 Å². The Bertz CT molecular complexity index is 607. The molecule has 3 aliphatic rings. The molecule has 0 radical (unpaired) electrons. The number of aliphatic imine (C=N–C) groups is 1. The number of carbonyl (C=O) groups is 1. The minimum absolute atomic E-state index is 0.307. The number of nitrogens with zero attached hydrogens (tertiary/aromatic N) is 1. The van der Waals surface area contributed by atoms with E-state index in [9.17, 15) is 4.79 Å². The zero-order valence-electron chi connectivity index (χ0n) is 18.4. The molecule has 2 saturated carbocycles. The molecule has 0 aromatic carbocycles. The first kappa shape index (κ1) is 21.2. The molecule has 28 heavy (non-hydrogen) atoms. The topological polar surface area (TPSA) is 84.0 Å². The first-order chi connectivity index (χ1) is 13.1. The zero-order chi connectivity index (χ0) is 20.6. The van der Waals surface area contributed by atoms with Gasteiger partial charge in [0.05, 0.1) is 18.2 Å². The van der Waals surface area contributed by atoms with Crippen LogP contribution in [0, 0.1) is 11.3 Å². The van der Waals surface area contributed by atoms with E-state index in [4.69, 9.17) is 14.5 Å². The fraction of sp³-hybridized carbons (Fsp3) is 0.905. The molecule has 3 atom stereocenters. The minimum atomic E-state index is -0.513. The van der Waals surface area contributed by atoms with E-state index in [0.717, 1.165) is 25.5 Å². The number of hydrogen-bond donors (Lipinski definition) is 3. The highest BCUT2D eigenvalue weighted by atomic mass is 16.6. The average Bonchev–Trinajstić information content (AvgIpc) is 2.91. The molecule has 0 bridgehead atoms. The predicted octanol–water partition coefficient (Wildman–Crippen LogP) is 2.80. The van der Waals surface area contributed by atoms with Gasteiger partial charge in [-0.3, -0.25) is 4.99 Å². The first-order valence-electron chi connectivity index (χ1n) is 10.7. The van der Waals surface area contributed by atoms with Gasteiger partial charge in [-0.1, -0.05) is 6.42 Å². The Balaban J connectivity index is 1.60. The number of fused-ring (bicyclic) bond motifs is 2. The molecule has 1 saturated heterocycles. The number of amides is 1. The smallest absolute Gasteiger partial charge is 0.408 e. The van der Waals surface area contributed by atoms with E-state index in [2.05, 4.69) is 22.9 Å². The molecule has 3 unspecified atom stereocenters. The fourth-order valence-corrected chi connectivity index (χ4v) is 4.82. The molecule has 0 aromatic heterocycles. The molecule has 7 heteroatoms. The summed E-state index contributed by atoms with van der Waals surface area (Å²) in [6.45, 7) is 13.7. The van der Waals surface area contributed by atoms with Crippen LogP contribution < -0.4 is 16.0 Å². The molecule has 3 N–H and O–H groups in total. The summed E-state index contributed by atoms with van der Waals surface area (Å²) < 4.78 is 11.4. The van der Waals surface area contributed by atoms with Crippen molar-refractivity contribution in [1.82, 2.24) is 16.0 Å². The molecular formula is C21H38N4O3. The summed E-state index contributed by atoms with van der Waals surface area (Å²) in [5.41, 5.74) is -0.708. The largest absolute Gasteiger partial charge is 0.444 e. The zero-order valence-corrected chi connectivity index (χ0v) is 18.4. The Morgan fingerprint density at radius 1 is 1.25 bits per heavy atom. The standard InChI is InChI=1S/C21H38N4O3/c1-7-22-17(23-13-20(5,6)25-18(26)28-19(2,3)4)24-15-14-9-12-27-16(14)21(15)10-8-11-21/h14-16H,7-13H2,1-6H3,(H,25,26)(H2,22,23,24). The van der Waals surface area contributed by atoms with Crippen LogP contribution in [0.1, 0.15) is 67.2 Å². The number of nitrogens with one attached hydrogen (secondary N) is 3. The average molecular weight is 395 g/mol.